The van der Waals surface area contributed by atoms with E-state index in [0.29, 0.717) is 13.3 Å². The van der Waals surface area contributed by atoms with Gasteiger partial charge in [0, 0.05) is 13.1 Å². The molecule has 0 bridgehead atoms. The van der Waals surface area contributed by atoms with Crippen LogP contribution in [0.5, 0.6) is 0 Å². The van der Waals surface area contributed by atoms with Crippen LogP contribution in [0.2, 0.25) is 0 Å². The summed E-state index contributed by atoms with van der Waals surface area (Å²) in [6.45, 7) is 8.41. The third-order valence-electron chi connectivity index (χ3n) is 1.84. The van der Waals surface area contributed by atoms with Crippen molar-refractivity contribution in [3.05, 3.63) is 0 Å². The maximum absolute atomic E-state index is 11.3. The van der Waals surface area contributed by atoms with Crippen LogP contribution in [-0.2, 0) is 9.53 Å². The van der Waals surface area contributed by atoms with E-state index in [1.807, 2.05) is 20.8 Å². The van der Waals surface area contributed by atoms with Gasteiger partial charge in [-0.05, 0) is 20.8 Å². The second-order valence-electron chi connectivity index (χ2n) is 4.22. The minimum atomic E-state index is -0.175. The van der Waals surface area contributed by atoms with E-state index in [4.69, 9.17) is 4.74 Å². The predicted molar refractivity (Wildman–Crippen MR) is 57.5 cm³/mol. The maximum atomic E-state index is 11.3. The van der Waals surface area contributed by atoms with E-state index < -0.39 is 0 Å². The van der Waals surface area contributed by atoms with Gasteiger partial charge >= 0.3 is 0 Å². The highest BCUT2D eigenvalue weighted by molar-refractivity contribution is 5.85. The molecule has 0 radical (unpaired) electrons. The fraction of sp³-hybridized carbons (Fsp3) is 0.889. The Labute approximate surface area is 91.4 Å². The number of rotatable bonds is 2. The summed E-state index contributed by atoms with van der Waals surface area (Å²) >= 11 is 0. The van der Waals surface area contributed by atoms with Crippen LogP contribution in [0, 0.1) is 0 Å². The van der Waals surface area contributed by atoms with Crippen LogP contribution in [0.1, 0.15) is 20.8 Å². The summed E-state index contributed by atoms with van der Waals surface area (Å²) < 4.78 is 5.52. The van der Waals surface area contributed by atoms with Crippen LogP contribution in [0.25, 0.3) is 0 Å². The van der Waals surface area contributed by atoms with Crippen LogP contribution in [-0.4, -0.2) is 42.8 Å². The van der Waals surface area contributed by atoms with Crippen LogP contribution in [0.15, 0.2) is 0 Å². The molecule has 0 spiro atoms. The number of amides is 1. The summed E-state index contributed by atoms with van der Waals surface area (Å²) in [5.41, 5.74) is -0.175. The van der Waals surface area contributed by atoms with Gasteiger partial charge in [0.2, 0.25) is 5.91 Å². The fourth-order valence-corrected chi connectivity index (χ4v) is 1.05. The summed E-state index contributed by atoms with van der Waals surface area (Å²) in [6.07, 6.45) is 0. The predicted octanol–water partition coefficient (Wildman–Crippen LogP) is 0.613. The van der Waals surface area contributed by atoms with Crippen molar-refractivity contribution in [3.8, 4) is 0 Å². The van der Waals surface area contributed by atoms with Crippen molar-refractivity contribution in [1.29, 1.82) is 0 Å². The van der Waals surface area contributed by atoms with E-state index in [1.54, 1.807) is 4.90 Å². The van der Waals surface area contributed by atoms with Crippen LogP contribution in [0.4, 0.5) is 0 Å². The summed E-state index contributed by atoms with van der Waals surface area (Å²) in [7, 11) is 0. The lowest BCUT2D eigenvalue weighted by molar-refractivity contribution is -0.143. The Balaban J connectivity index is 0.00000169. The summed E-state index contributed by atoms with van der Waals surface area (Å²) in [6, 6.07) is 0. The largest absolute Gasteiger partial charge is 0.355 e. The Bertz CT molecular complexity index is 192. The number of nitrogens with one attached hydrogen (secondary N) is 1. The molecule has 0 unspecified atom stereocenters. The number of nitrogens with zero attached hydrogens (tertiary/aromatic N) is 1. The van der Waals surface area contributed by atoms with E-state index in [9.17, 15) is 4.79 Å². The van der Waals surface area contributed by atoms with Crippen molar-refractivity contribution >= 4 is 18.3 Å². The lowest BCUT2D eigenvalue weighted by Crippen LogP contribution is -2.49. The van der Waals surface area contributed by atoms with Crippen molar-refractivity contribution in [2.24, 2.45) is 0 Å². The highest BCUT2D eigenvalue weighted by atomic mass is 35.5. The van der Waals surface area contributed by atoms with Crippen molar-refractivity contribution < 1.29 is 9.53 Å². The minimum absolute atomic E-state index is 0. The molecule has 0 saturated carbocycles. The van der Waals surface area contributed by atoms with E-state index in [2.05, 4.69) is 5.32 Å². The molecule has 1 heterocycles. The van der Waals surface area contributed by atoms with E-state index in [0.717, 1.165) is 13.1 Å². The third-order valence-corrected chi connectivity index (χ3v) is 1.84. The highest BCUT2D eigenvalue weighted by Gasteiger charge is 2.19. The molecule has 0 aromatic heterocycles. The molecule has 0 aromatic carbocycles. The first-order valence-corrected chi connectivity index (χ1v) is 4.61. The van der Waals surface area contributed by atoms with Crippen LogP contribution in [0.3, 0.4) is 0 Å². The molecule has 1 rings (SSSR count). The number of halogens is 1. The lowest BCUT2D eigenvalue weighted by Gasteiger charge is -2.30. The summed E-state index contributed by atoms with van der Waals surface area (Å²) in [5.74, 6) is 0.121. The quantitative estimate of drug-likeness (QED) is 0.745. The Kier molecular flexibility index (Phi) is 5.41. The van der Waals surface area contributed by atoms with Gasteiger partial charge in [0.1, 0.15) is 6.73 Å². The van der Waals surface area contributed by atoms with Crippen molar-refractivity contribution in [1.82, 2.24) is 10.2 Å². The monoisotopic (exact) mass is 222 g/mol. The zero-order chi connectivity index (χ0) is 9.90. The van der Waals surface area contributed by atoms with Gasteiger partial charge in [-0.2, -0.15) is 0 Å². The number of hydrogen-bond acceptors (Lipinski definition) is 3. The first kappa shape index (κ1) is 13.7. The number of piperazine rings is 1. The van der Waals surface area contributed by atoms with Crippen molar-refractivity contribution in [2.45, 2.75) is 26.4 Å². The minimum Gasteiger partial charge on any atom is -0.355 e. The average Bonchev–Trinajstić information content (AvgIpc) is 2.01. The van der Waals surface area contributed by atoms with Gasteiger partial charge < -0.3 is 15.0 Å². The standard InChI is InChI=1S/C9H18N2O2.ClH/c1-9(2,3)13-7-11-5-4-10-6-8(11)12;/h10H,4-7H2,1-3H3;1H. The van der Waals surface area contributed by atoms with E-state index in [1.165, 1.54) is 0 Å². The molecule has 1 aliphatic heterocycles. The molecule has 14 heavy (non-hydrogen) atoms. The highest BCUT2D eigenvalue weighted by Crippen LogP contribution is 2.07. The molecule has 84 valence electrons. The van der Waals surface area contributed by atoms with Crippen LogP contribution < -0.4 is 5.32 Å². The molecule has 0 aromatic rings. The SMILES string of the molecule is CC(C)(C)OCN1CCNCC1=O.Cl. The molecule has 5 heteroatoms. The molecule has 0 atom stereocenters. The summed E-state index contributed by atoms with van der Waals surface area (Å²) in [5, 5.41) is 3.01. The van der Waals surface area contributed by atoms with Gasteiger partial charge in [0.25, 0.3) is 0 Å². The molecule has 0 aliphatic carbocycles. The first-order chi connectivity index (χ1) is 5.99. The average molecular weight is 223 g/mol. The molecule has 4 nitrogen and oxygen atoms in total. The van der Waals surface area contributed by atoms with Gasteiger partial charge in [0.05, 0.1) is 12.1 Å². The van der Waals surface area contributed by atoms with Gasteiger partial charge in [-0.1, -0.05) is 0 Å². The molecular weight excluding hydrogens is 204 g/mol. The molecule has 1 N–H and O–H groups in total. The fourth-order valence-electron chi connectivity index (χ4n) is 1.05. The van der Waals surface area contributed by atoms with E-state index in [-0.39, 0.29) is 23.9 Å². The third kappa shape index (κ3) is 4.79. The van der Waals surface area contributed by atoms with Crippen LogP contribution >= 0.6 is 12.4 Å². The van der Waals surface area contributed by atoms with Gasteiger partial charge in [-0.3, -0.25) is 4.79 Å². The molecule has 1 aliphatic rings. The molecular formula is C9H19ClN2O2. The van der Waals surface area contributed by atoms with Crippen molar-refractivity contribution in [3.63, 3.8) is 0 Å². The first-order valence-electron chi connectivity index (χ1n) is 4.61. The van der Waals surface area contributed by atoms with Gasteiger partial charge in [0.15, 0.2) is 0 Å². The second-order valence-corrected chi connectivity index (χ2v) is 4.22. The Morgan fingerprint density at radius 2 is 2.14 bits per heavy atom. The number of carbonyl (C=O) groups excluding carboxylic acids is 1. The van der Waals surface area contributed by atoms with Crippen molar-refractivity contribution in [2.75, 3.05) is 26.4 Å². The second kappa shape index (κ2) is 5.53. The zero-order valence-electron chi connectivity index (χ0n) is 9.00. The Morgan fingerprint density at radius 1 is 1.50 bits per heavy atom. The van der Waals surface area contributed by atoms with Gasteiger partial charge in [-0.25, -0.2) is 0 Å². The summed E-state index contributed by atoms with van der Waals surface area (Å²) in [4.78, 5) is 13.0. The smallest absolute Gasteiger partial charge is 0.238 e. The Hall–Kier alpha value is -0.320. The van der Waals surface area contributed by atoms with Gasteiger partial charge in [-0.15, -0.1) is 12.4 Å². The normalized spacial score (nSPS) is 17.9. The van der Waals surface area contributed by atoms with E-state index >= 15 is 0 Å². The zero-order valence-corrected chi connectivity index (χ0v) is 9.82. The molecule has 1 fully saturated rings. The number of hydrogen-bond donors (Lipinski definition) is 1. The topological polar surface area (TPSA) is 41.6 Å². The number of ether oxygens (including phenoxy) is 1. The maximum Gasteiger partial charge on any atom is 0.238 e. The lowest BCUT2D eigenvalue weighted by atomic mass is 10.2. The Morgan fingerprint density at radius 3 is 2.64 bits per heavy atom. The molecule has 1 saturated heterocycles. The molecule has 1 amide bonds. The number of carbonyl (C=O) groups is 1.